The van der Waals surface area contributed by atoms with Gasteiger partial charge in [-0.15, -0.1) is 0 Å². The van der Waals surface area contributed by atoms with Crippen molar-refractivity contribution in [3.05, 3.63) is 28.7 Å². The Morgan fingerprint density at radius 2 is 2.12 bits per heavy atom. The Kier molecular flexibility index (Phi) is 6.83. The molecular formula is C17H18NO5S2-. The summed E-state index contributed by atoms with van der Waals surface area (Å²) >= 11 is 6.13. The molecule has 134 valence electrons. The number of amides is 1. The highest BCUT2D eigenvalue weighted by atomic mass is 32.2. The SMILES string of the molecule is CCCOc1c(/C=C2\SC(=S)N(CC(=O)[O-])C2=O)cccc1OCC. The van der Waals surface area contributed by atoms with Crippen molar-refractivity contribution in [1.29, 1.82) is 0 Å². The number of para-hydroxylation sites is 1. The highest BCUT2D eigenvalue weighted by Crippen LogP contribution is 2.37. The topological polar surface area (TPSA) is 78.9 Å². The van der Waals surface area contributed by atoms with E-state index >= 15 is 0 Å². The van der Waals surface area contributed by atoms with Gasteiger partial charge in [-0.25, -0.2) is 0 Å². The third-order valence-corrected chi connectivity index (χ3v) is 4.58. The van der Waals surface area contributed by atoms with Gasteiger partial charge in [0.25, 0.3) is 5.91 Å². The number of ether oxygens (including phenoxy) is 2. The molecule has 1 fully saturated rings. The Balaban J connectivity index is 2.36. The smallest absolute Gasteiger partial charge is 0.266 e. The fourth-order valence-corrected chi connectivity index (χ4v) is 3.43. The Bertz CT molecular complexity index is 717. The van der Waals surface area contributed by atoms with Crippen LogP contribution in [0.15, 0.2) is 23.1 Å². The molecule has 0 aliphatic carbocycles. The molecule has 8 heteroatoms. The first-order valence-corrected chi connectivity index (χ1v) is 9.04. The van der Waals surface area contributed by atoms with Crippen molar-refractivity contribution >= 4 is 46.3 Å². The Morgan fingerprint density at radius 1 is 1.36 bits per heavy atom. The first-order valence-electron chi connectivity index (χ1n) is 7.81. The normalized spacial score (nSPS) is 15.8. The summed E-state index contributed by atoms with van der Waals surface area (Å²) in [5, 5.41) is 10.8. The van der Waals surface area contributed by atoms with E-state index in [-0.39, 0.29) is 4.32 Å². The van der Waals surface area contributed by atoms with E-state index in [4.69, 9.17) is 21.7 Å². The van der Waals surface area contributed by atoms with Crippen molar-refractivity contribution in [1.82, 2.24) is 4.90 Å². The number of hydrogen-bond acceptors (Lipinski definition) is 7. The van der Waals surface area contributed by atoms with E-state index in [0.717, 1.165) is 23.1 Å². The van der Waals surface area contributed by atoms with E-state index in [1.54, 1.807) is 24.3 Å². The molecule has 0 N–H and O–H groups in total. The molecule has 0 radical (unpaired) electrons. The van der Waals surface area contributed by atoms with Crippen LogP contribution in [0.5, 0.6) is 11.5 Å². The van der Waals surface area contributed by atoms with E-state index in [9.17, 15) is 14.7 Å². The second-order valence-electron chi connectivity index (χ2n) is 5.10. The van der Waals surface area contributed by atoms with Crippen LogP contribution in [-0.2, 0) is 9.59 Å². The number of carboxylic acids is 1. The van der Waals surface area contributed by atoms with E-state index in [2.05, 4.69) is 0 Å². The Labute approximate surface area is 155 Å². The van der Waals surface area contributed by atoms with Crippen molar-refractivity contribution in [3.63, 3.8) is 0 Å². The summed E-state index contributed by atoms with van der Waals surface area (Å²) in [6, 6.07) is 5.41. The fraction of sp³-hybridized carbons (Fsp3) is 0.353. The third kappa shape index (κ3) is 4.73. The van der Waals surface area contributed by atoms with E-state index in [1.165, 1.54) is 0 Å². The molecule has 0 atom stereocenters. The summed E-state index contributed by atoms with van der Waals surface area (Å²) in [5.74, 6) is -0.670. The predicted molar refractivity (Wildman–Crippen MR) is 98.3 cm³/mol. The van der Waals surface area contributed by atoms with Gasteiger partial charge in [0.2, 0.25) is 0 Å². The molecule has 2 rings (SSSR count). The van der Waals surface area contributed by atoms with Crippen LogP contribution in [0.2, 0.25) is 0 Å². The van der Waals surface area contributed by atoms with E-state index < -0.39 is 18.4 Å². The van der Waals surface area contributed by atoms with Crippen LogP contribution in [0, 0.1) is 0 Å². The molecule has 0 spiro atoms. The lowest BCUT2D eigenvalue weighted by Crippen LogP contribution is -2.40. The largest absolute Gasteiger partial charge is 0.548 e. The van der Waals surface area contributed by atoms with Crippen molar-refractivity contribution in [2.75, 3.05) is 19.8 Å². The maximum atomic E-state index is 12.4. The maximum absolute atomic E-state index is 12.4. The summed E-state index contributed by atoms with van der Waals surface area (Å²) in [6.07, 6.45) is 2.47. The number of nitrogens with zero attached hydrogens (tertiary/aromatic N) is 1. The van der Waals surface area contributed by atoms with Gasteiger partial charge < -0.3 is 19.4 Å². The van der Waals surface area contributed by atoms with Crippen molar-refractivity contribution in [3.8, 4) is 11.5 Å². The second kappa shape index (κ2) is 8.87. The molecule has 1 heterocycles. The van der Waals surface area contributed by atoms with Gasteiger partial charge in [-0.3, -0.25) is 9.69 Å². The first-order chi connectivity index (χ1) is 12.0. The van der Waals surface area contributed by atoms with E-state index in [1.807, 2.05) is 13.8 Å². The number of carbonyl (C=O) groups excluding carboxylic acids is 2. The molecule has 1 amide bonds. The molecule has 1 aliphatic heterocycles. The lowest BCUT2D eigenvalue weighted by molar-refractivity contribution is -0.305. The Hall–Kier alpha value is -2.06. The molecule has 6 nitrogen and oxygen atoms in total. The lowest BCUT2D eigenvalue weighted by Gasteiger charge is -2.15. The molecular weight excluding hydrogens is 362 g/mol. The number of carboxylic acid groups (broad SMARTS) is 1. The van der Waals surface area contributed by atoms with Gasteiger partial charge >= 0.3 is 0 Å². The van der Waals surface area contributed by atoms with Gasteiger partial charge in [-0.1, -0.05) is 43.0 Å². The summed E-state index contributed by atoms with van der Waals surface area (Å²) in [5.41, 5.74) is 0.674. The number of rotatable bonds is 8. The first kappa shape index (κ1) is 19.3. The average molecular weight is 380 g/mol. The molecule has 0 bridgehead atoms. The number of hydrogen-bond donors (Lipinski definition) is 0. The third-order valence-electron chi connectivity index (χ3n) is 3.21. The van der Waals surface area contributed by atoms with Crippen LogP contribution < -0.4 is 14.6 Å². The minimum absolute atomic E-state index is 0.192. The number of carbonyl (C=O) groups is 2. The van der Waals surface area contributed by atoms with Crippen molar-refractivity contribution in [2.24, 2.45) is 0 Å². The molecule has 0 aromatic heterocycles. The Morgan fingerprint density at radius 3 is 2.76 bits per heavy atom. The standard InChI is InChI=1S/C17H19NO5S2/c1-3-8-23-15-11(6-5-7-12(15)22-4-2)9-13-16(21)18(10-14(19)20)17(24)25-13/h5-7,9H,3-4,8,10H2,1-2H3,(H,19,20)/p-1/b13-9-. The van der Waals surface area contributed by atoms with Crippen LogP contribution in [-0.4, -0.2) is 40.9 Å². The molecule has 1 aromatic rings. The summed E-state index contributed by atoms with van der Waals surface area (Å²) in [6.45, 7) is 4.31. The number of thiocarbonyl (C=S) groups is 1. The van der Waals surface area contributed by atoms with Crippen LogP contribution in [0.3, 0.4) is 0 Å². The van der Waals surface area contributed by atoms with Crippen LogP contribution >= 0.6 is 24.0 Å². The highest BCUT2D eigenvalue weighted by molar-refractivity contribution is 8.26. The predicted octanol–water partition coefficient (Wildman–Crippen LogP) is 1.83. The lowest BCUT2D eigenvalue weighted by atomic mass is 10.1. The minimum atomic E-state index is -1.36. The van der Waals surface area contributed by atoms with Gasteiger partial charge in [0.15, 0.2) is 11.5 Å². The molecule has 0 unspecified atom stereocenters. The molecule has 1 saturated heterocycles. The van der Waals surface area contributed by atoms with Crippen LogP contribution in [0.1, 0.15) is 25.8 Å². The summed E-state index contributed by atoms with van der Waals surface area (Å²) < 4.78 is 11.6. The van der Waals surface area contributed by atoms with Crippen molar-refractivity contribution < 1.29 is 24.2 Å². The fourth-order valence-electron chi connectivity index (χ4n) is 2.18. The van der Waals surface area contributed by atoms with Gasteiger partial charge in [0.05, 0.1) is 30.6 Å². The summed E-state index contributed by atoms with van der Waals surface area (Å²) in [4.78, 5) is 24.5. The molecule has 25 heavy (non-hydrogen) atoms. The number of benzene rings is 1. The quantitative estimate of drug-likeness (QED) is 0.503. The molecule has 1 aromatic carbocycles. The molecule has 1 aliphatic rings. The zero-order valence-electron chi connectivity index (χ0n) is 13.9. The number of thioether (sulfide) groups is 1. The van der Waals surface area contributed by atoms with E-state index in [0.29, 0.717) is 35.2 Å². The maximum Gasteiger partial charge on any atom is 0.266 e. The van der Waals surface area contributed by atoms with Gasteiger partial charge in [-0.2, -0.15) is 0 Å². The van der Waals surface area contributed by atoms with Gasteiger partial charge in [0.1, 0.15) is 4.32 Å². The van der Waals surface area contributed by atoms with Crippen LogP contribution in [0.25, 0.3) is 6.08 Å². The van der Waals surface area contributed by atoms with Gasteiger partial charge in [-0.05, 0) is 25.5 Å². The minimum Gasteiger partial charge on any atom is -0.548 e. The number of aliphatic carboxylic acids is 1. The summed E-state index contributed by atoms with van der Waals surface area (Å²) in [7, 11) is 0. The van der Waals surface area contributed by atoms with Crippen LogP contribution in [0.4, 0.5) is 0 Å². The zero-order chi connectivity index (χ0) is 18.4. The van der Waals surface area contributed by atoms with Crippen molar-refractivity contribution in [2.45, 2.75) is 20.3 Å². The average Bonchev–Trinajstić information content (AvgIpc) is 2.82. The zero-order valence-corrected chi connectivity index (χ0v) is 15.6. The monoisotopic (exact) mass is 380 g/mol. The molecule has 0 saturated carbocycles. The van der Waals surface area contributed by atoms with Gasteiger partial charge in [0, 0.05) is 5.56 Å². The second-order valence-corrected chi connectivity index (χ2v) is 6.77. The highest BCUT2D eigenvalue weighted by Gasteiger charge is 2.32.